The summed E-state index contributed by atoms with van der Waals surface area (Å²) in [6, 6.07) is 12.2. The molecule has 0 amide bonds. The molecule has 100 valence electrons. The molecule has 0 saturated carbocycles. The molecular weight excluding hydrogens is 258 g/mol. The molecule has 2 N–H and O–H groups in total. The third-order valence-corrected chi connectivity index (χ3v) is 4.07. The molecule has 2 aromatic rings. The molecule has 0 fully saturated rings. The molecule has 0 bridgehead atoms. The summed E-state index contributed by atoms with van der Waals surface area (Å²) in [5.74, 6) is -0.858. The van der Waals surface area contributed by atoms with E-state index >= 15 is 0 Å². The van der Waals surface area contributed by atoms with Crippen LogP contribution in [-0.4, -0.2) is 11.1 Å². The van der Waals surface area contributed by atoms with Gasteiger partial charge in [0.1, 0.15) is 4.88 Å². The second-order valence-electron chi connectivity index (χ2n) is 4.59. The number of carbonyl (C=O) groups is 1. The summed E-state index contributed by atoms with van der Waals surface area (Å²) in [5, 5.41) is 12.3. The topological polar surface area (TPSA) is 49.3 Å². The Hall–Kier alpha value is -1.65. The molecule has 1 aromatic heterocycles. The largest absolute Gasteiger partial charge is 0.477 e. The average Bonchev–Trinajstić information content (AvgIpc) is 2.85. The van der Waals surface area contributed by atoms with Gasteiger partial charge in [-0.05, 0) is 31.5 Å². The zero-order valence-corrected chi connectivity index (χ0v) is 11.8. The normalized spacial score (nSPS) is 12.3. The minimum Gasteiger partial charge on any atom is -0.477 e. The molecule has 3 nitrogen and oxygen atoms in total. The highest BCUT2D eigenvalue weighted by Gasteiger charge is 2.09. The Kier molecular flexibility index (Phi) is 4.35. The molecule has 4 heteroatoms. The van der Waals surface area contributed by atoms with E-state index in [9.17, 15) is 4.79 Å². The third kappa shape index (κ3) is 3.66. The average molecular weight is 275 g/mol. The molecule has 0 spiro atoms. The number of aryl methyl sites for hydroxylation is 1. The van der Waals surface area contributed by atoms with Crippen molar-refractivity contribution in [3.05, 3.63) is 57.3 Å². The van der Waals surface area contributed by atoms with Gasteiger partial charge >= 0.3 is 5.97 Å². The van der Waals surface area contributed by atoms with Gasteiger partial charge in [0.05, 0.1) is 0 Å². The summed E-state index contributed by atoms with van der Waals surface area (Å²) in [6.07, 6.45) is 0. The van der Waals surface area contributed by atoms with Crippen LogP contribution in [0.25, 0.3) is 0 Å². The smallest absolute Gasteiger partial charge is 0.345 e. The van der Waals surface area contributed by atoms with E-state index < -0.39 is 5.97 Å². The predicted octanol–water partition coefficient (Wildman–Crippen LogP) is 3.61. The number of aromatic carboxylic acids is 1. The zero-order chi connectivity index (χ0) is 13.8. The van der Waals surface area contributed by atoms with Gasteiger partial charge in [-0.1, -0.05) is 29.8 Å². The molecule has 1 heterocycles. The Balaban J connectivity index is 1.96. The van der Waals surface area contributed by atoms with Crippen LogP contribution in [0.1, 0.15) is 38.6 Å². The fraction of sp³-hybridized carbons (Fsp3) is 0.267. The van der Waals surface area contributed by atoms with Crippen molar-refractivity contribution in [1.82, 2.24) is 5.32 Å². The molecule has 2 rings (SSSR count). The van der Waals surface area contributed by atoms with Crippen LogP contribution in [0.5, 0.6) is 0 Å². The molecule has 0 unspecified atom stereocenters. The van der Waals surface area contributed by atoms with E-state index in [2.05, 4.69) is 43.4 Å². The first-order chi connectivity index (χ1) is 9.06. The van der Waals surface area contributed by atoms with Gasteiger partial charge in [-0.15, -0.1) is 11.3 Å². The van der Waals surface area contributed by atoms with Gasteiger partial charge < -0.3 is 10.4 Å². The minimum atomic E-state index is -0.858. The van der Waals surface area contributed by atoms with Crippen LogP contribution >= 0.6 is 11.3 Å². The number of nitrogens with one attached hydrogen (secondary N) is 1. The number of rotatable bonds is 5. The highest BCUT2D eigenvalue weighted by atomic mass is 32.1. The van der Waals surface area contributed by atoms with Crippen molar-refractivity contribution in [3.63, 3.8) is 0 Å². The third-order valence-electron chi connectivity index (χ3n) is 3.00. The second-order valence-corrected chi connectivity index (χ2v) is 5.76. The maximum absolute atomic E-state index is 10.8. The SMILES string of the molecule is Cc1cccc([C@H](C)NCc2ccc(C(=O)O)s2)c1. The van der Waals surface area contributed by atoms with Crippen molar-refractivity contribution >= 4 is 17.3 Å². The van der Waals surface area contributed by atoms with Crippen LogP contribution in [0, 0.1) is 6.92 Å². The molecule has 0 aliphatic carbocycles. The number of benzene rings is 1. The first kappa shape index (κ1) is 13.8. The monoisotopic (exact) mass is 275 g/mol. The maximum Gasteiger partial charge on any atom is 0.345 e. The van der Waals surface area contributed by atoms with Crippen LogP contribution in [0.2, 0.25) is 0 Å². The Morgan fingerprint density at radius 1 is 1.37 bits per heavy atom. The van der Waals surface area contributed by atoms with Crippen molar-refractivity contribution in [3.8, 4) is 0 Å². The van der Waals surface area contributed by atoms with E-state index in [1.807, 2.05) is 6.07 Å². The number of thiophene rings is 1. The van der Waals surface area contributed by atoms with Gasteiger partial charge in [-0.2, -0.15) is 0 Å². The van der Waals surface area contributed by atoms with E-state index in [-0.39, 0.29) is 6.04 Å². The maximum atomic E-state index is 10.8. The molecule has 1 aromatic carbocycles. The minimum absolute atomic E-state index is 0.246. The Bertz CT molecular complexity index is 577. The molecule has 0 aliphatic rings. The van der Waals surface area contributed by atoms with Crippen molar-refractivity contribution in [1.29, 1.82) is 0 Å². The highest BCUT2D eigenvalue weighted by molar-refractivity contribution is 7.13. The number of hydrogen-bond donors (Lipinski definition) is 2. The quantitative estimate of drug-likeness (QED) is 0.876. The summed E-state index contributed by atoms with van der Waals surface area (Å²) < 4.78 is 0. The Morgan fingerprint density at radius 2 is 2.16 bits per heavy atom. The summed E-state index contributed by atoms with van der Waals surface area (Å²) in [4.78, 5) is 12.2. The summed E-state index contributed by atoms with van der Waals surface area (Å²) in [6.45, 7) is 4.88. The predicted molar refractivity (Wildman–Crippen MR) is 77.7 cm³/mol. The van der Waals surface area contributed by atoms with Gasteiger partial charge in [0.2, 0.25) is 0 Å². The Labute approximate surface area is 116 Å². The van der Waals surface area contributed by atoms with Gasteiger partial charge in [0.15, 0.2) is 0 Å². The van der Waals surface area contributed by atoms with E-state index in [4.69, 9.17) is 5.11 Å². The van der Waals surface area contributed by atoms with Crippen LogP contribution in [0.15, 0.2) is 36.4 Å². The van der Waals surface area contributed by atoms with Gasteiger partial charge in [-0.25, -0.2) is 4.79 Å². The standard InChI is InChI=1S/C15H17NO2S/c1-10-4-3-5-12(8-10)11(2)16-9-13-6-7-14(19-13)15(17)18/h3-8,11,16H,9H2,1-2H3,(H,17,18)/t11-/m0/s1. The highest BCUT2D eigenvalue weighted by Crippen LogP contribution is 2.19. The zero-order valence-electron chi connectivity index (χ0n) is 11.0. The number of carboxylic acid groups (broad SMARTS) is 1. The molecule has 0 saturated heterocycles. The van der Waals surface area contributed by atoms with Crippen molar-refractivity contribution < 1.29 is 9.90 Å². The fourth-order valence-corrected chi connectivity index (χ4v) is 2.70. The van der Waals surface area contributed by atoms with Crippen molar-refractivity contribution in [2.75, 3.05) is 0 Å². The van der Waals surface area contributed by atoms with Crippen LogP contribution in [0.3, 0.4) is 0 Å². The van der Waals surface area contributed by atoms with Gasteiger partial charge in [0, 0.05) is 17.5 Å². The first-order valence-corrected chi connectivity index (χ1v) is 7.00. The second kappa shape index (κ2) is 5.99. The number of hydrogen-bond acceptors (Lipinski definition) is 3. The van der Waals surface area contributed by atoms with E-state index in [1.165, 1.54) is 22.5 Å². The lowest BCUT2D eigenvalue weighted by Crippen LogP contribution is -2.17. The van der Waals surface area contributed by atoms with E-state index in [1.54, 1.807) is 6.07 Å². The van der Waals surface area contributed by atoms with E-state index in [0.29, 0.717) is 11.4 Å². The first-order valence-electron chi connectivity index (χ1n) is 6.18. The lowest BCUT2D eigenvalue weighted by atomic mass is 10.1. The lowest BCUT2D eigenvalue weighted by Gasteiger charge is -2.14. The molecule has 0 aliphatic heterocycles. The summed E-state index contributed by atoms with van der Waals surface area (Å²) >= 11 is 1.32. The van der Waals surface area contributed by atoms with Crippen LogP contribution in [-0.2, 0) is 6.54 Å². The lowest BCUT2D eigenvalue weighted by molar-refractivity contribution is 0.0702. The molecular formula is C15H17NO2S. The van der Waals surface area contributed by atoms with Gasteiger partial charge in [0.25, 0.3) is 0 Å². The van der Waals surface area contributed by atoms with Crippen LogP contribution < -0.4 is 5.32 Å². The van der Waals surface area contributed by atoms with Crippen molar-refractivity contribution in [2.24, 2.45) is 0 Å². The fourth-order valence-electron chi connectivity index (χ4n) is 1.90. The number of carboxylic acids is 1. The summed E-state index contributed by atoms with van der Waals surface area (Å²) in [7, 11) is 0. The van der Waals surface area contributed by atoms with Crippen LogP contribution in [0.4, 0.5) is 0 Å². The van der Waals surface area contributed by atoms with Crippen molar-refractivity contribution in [2.45, 2.75) is 26.4 Å². The van der Waals surface area contributed by atoms with Gasteiger partial charge in [-0.3, -0.25) is 0 Å². The van der Waals surface area contributed by atoms with E-state index in [0.717, 1.165) is 4.88 Å². The Morgan fingerprint density at radius 3 is 2.79 bits per heavy atom. The molecule has 0 radical (unpaired) electrons. The molecule has 19 heavy (non-hydrogen) atoms. The molecule has 1 atom stereocenters. The summed E-state index contributed by atoms with van der Waals surface area (Å²) in [5.41, 5.74) is 2.49.